The Morgan fingerprint density at radius 1 is 1.09 bits per heavy atom. The van der Waals surface area contributed by atoms with Crippen LogP contribution in [-0.4, -0.2) is 48.1 Å². The van der Waals surface area contributed by atoms with E-state index >= 15 is 0 Å². The van der Waals surface area contributed by atoms with Gasteiger partial charge in [-0.1, -0.05) is 18.2 Å². The standard InChI is InChI=1S/C26H23N3O4/c1-16-21(6-7-22-23(16)15-33-26(22)32)24(30)13-28-8-9-29(25(31)14-28)20-5-4-18-10-17(12-27)2-3-19(18)11-20/h2-7,10-11,24,30H,8-9,13-15H2,1H3/t24-/m0/s1. The zero-order chi connectivity index (χ0) is 23.1. The monoisotopic (exact) mass is 441 g/mol. The second-order valence-corrected chi connectivity index (χ2v) is 8.54. The number of piperazine rings is 1. The molecule has 7 heteroatoms. The zero-order valence-electron chi connectivity index (χ0n) is 18.2. The molecule has 0 spiro atoms. The van der Waals surface area contributed by atoms with Gasteiger partial charge in [0.15, 0.2) is 0 Å². The third-order valence-electron chi connectivity index (χ3n) is 6.56. The van der Waals surface area contributed by atoms with Gasteiger partial charge in [-0.05, 0) is 59.2 Å². The van der Waals surface area contributed by atoms with E-state index in [1.165, 1.54) is 0 Å². The lowest BCUT2D eigenvalue weighted by Gasteiger charge is -2.35. The minimum atomic E-state index is -0.764. The summed E-state index contributed by atoms with van der Waals surface area (Å²) in [5.41, 5.74) is 4.45. The molecule has 1 fully saturated rings. The molecule has 1 N–H and O–H groups in total. The Hall–Kier alpha value is -3.73. The SMILES string of the molecule is Cc1c([C@@H](O)CN2CCN(c3ccc4cc(C#N)ccc4c3)C(=O)C2)ccc2c1COC2=O. The molecule has 1 amide bonds. The Morgan fingerprint density at radius 2 is 1.88 bits per heavy atom. The first kappa shape index (κ1) is 21.1. The van der Waals surface area contributed by atoms with E-state index in [-0.39, 0.29) is 25.0 Å². The Morgan fingerprint density at radius 3 is 2.67 bits per heavy atom. The van der Waals surface area contributed by atoms with Gasteiger partial charge in [0, 0.05) is 30.9 Å². The summed E-state index contributed by atoms with van der Waals surface area (Å²) in [4.78, 5) is 28.4. The first-order valence-corrected chi connectivity index (χ1v) is 10.9. The maximum absolute atomic E-state index is 12.9. The molecule has 0 radical (unpaired) electrons. The van der Waals surface area contributed by atoms with Crippen LogP contribution in [0.2, 0.25) is 0 Å². The summed E-state index contributed by atoms with van der Waals surface area (Å²) < 4.78 is 5.10. The molecule has 7 nitrogen and oxygen atoms in total. The predicted octanol–water partition coefficient (Wildman–Crippen LogP) is 3.07. The molecule has 0 saturated carbocycles. The molecule has 2 heterocycles. The van der Waals surface area contributed by atoms with Gasteiger partial charge < -0.3 is 14.7 Å². The lowest BCUT2D eigenvalue weighted by Crippen LogP contribution is -2.51. The maximum Gasteiger partial charge on any atom is 0.338 e. The van der Waals surface area contributed by atoms with E-state index in [1.807, 2.05) is 42.2 Å². The number of esters is 1. The largest absolute Gasteiger partial charge is 0.457 e. The highest BCUT2D eigenvalue weighted by molar-refractivity contribution is 5.98. The van der Waals surface area contributed by atoms with Gasteiger partial charge in [-0.15, -0.1) is 0 Å². The fraction of sp³-hybridized carbons (Fsp3) is 0.269. The zero-order valence-corrected chi connectivity index (χ0v) is 18.2. The Bertz CT molecular complexity index is 1330. The van der Waals surface area contributed by atoms with E-state index < -0.39 is 6.10 Å². The predicted molar refractivity (Wildman–Crippen MR) is 123 cm³/mol. The van der Waals surface area contributed by atoms with Crippen LogP contribution in [0.1, 0.15) is 38.7 Å². The summed E-state index contributed by atoms with van der Waals surface area (Å²) in [5.74, 6) is -0.346. The van der Waals surface area contributed by atoms with Crippen molar-refractivity contribution in [3.05, 3.63) is 76.3 Å². The van der Waals surface area contributed by atoms with Gasteiger partial charge in [0.05, 0.1) is 29.8 Å². The number of nitriles is 1. The average Bonchev–Trinajstić information content (AvgIpc) is 3.20. The molecule has 3 aromatic rings. The van der Waals surface area contributed by atoms with Crippen LogP contribution in [0.5, 0.6) is 0 Å². The van der Waals surface area contributed by atoms with Crippen molar-refractivity contribution in [1.29, 1.82) is 5.26 Å². The van der Waals surface area contributed by atoms with E-state index in [2.05, 4.69) is 6.07 Å². The van der Waals surface area contributed by atoms with E-state index in [4.69, 9.17) is 10.00 Å². The maximum atomic E-state index is 12.9. The molecule has 3 aromatic carbocycles. The van der Waals surface area contributed by atoms with Crippen LogP contribution in [0.3, 0.4) is 0 Å². The topological polar surface area (TPSA) is 93.9 Å². The lowest BCUT2D eigenvalue weighted by molar-refractivity contribution is -0.121. The van der Waals surface area contributed by atoms with Crippen LogP contribution in [0.15, 0.2) is 48.5 Å². The van der Waals surface area contributed by atoms with Gasteiger partial charge in [-0.3, -0.25) is 9.69 Å². The fourth-order valence-corrected chi connectivity index (χ4v) is 4.69. The molecule has 0 aliphatic carbocycles. The number of aliphatic hydroxyl groups excluding tert-OH is 1. The van der Waals surface area contributed by atoms with E-state index in [0.717, 1.165) is 33.2 Å². The van der Waals surface area contributed by atoms with Crippen LogP contribution < -0.4 is 4.90 Å². The van der Waals surface area contributed by atoms with Gasteiger partial charge in [0.1, 0.15) is 6.61 Å². The van der Waals surface area contributed by atoms with Crippen molar-refractivity contribution in [2.75, 3.05) is 31.1 Å². The van der Waals surface area contributed by atoms with Gasteiger partial charge >= 0.3 is 5.97 Å². The highest BCUT2D eigenvalue weighted by atomic mass is 16.5. The number of amides is 1. The van der Waals surface area contributed by atoms with Crippen LogP contribution in [0, 0.1) is 18.3 Å². The first-order valence-electron chi connectivity index (χ1n) is 10.9. The molecule has 166 valence electrons. The van der Waals surface area contributed by atoms with Crippen LogP contribution in [0.4, 0.5) is 5.69 Å². The molecule has 0 bridgehead atoms. The van der Waals surface area contributed by atoms with Gasteiger partial charge in [0.25, 0.3) is 0 Å². The summed E-state index contributed by atoms with van der Waals surface area (Å²) in [6.07, 6.45) is -0.764. The van der Waals surface area contributed by atoms with Crippen molar-refractivity contribution >= 4 is 28.3 Å². The van der Waals surface area contributed by atoms with Gasteiger partial charge in [-0.2, -0.15) is 5.26 Å². The van der Waals surface area contributed by atoms with E-state index in [1.54, 1.807) is 23.1 Å². The van der Waals surface area contributed by atoms with Crippen molar-refractivity contribution in [1.82, 2.24) is 4.90 Å². The number of anilines is 1. The lowest BCUT2D eigenvalue weighted by atomic mass is 9.95. The normalized spacial score (nSPS) is 17.1. The molecule has 2 aliphatic rings. The number of ether oxygens (including phenoxy) is 1. The second kappa shape index (κ2) is 8.32. The summed E-state index contributed by atoms with van der Waals surface area (Å²) in [6.45, 7) is 3.85. The molecule has 2 aliphatic heterocycles. The molecule has 1 saturated heterocycles. The highest BCUT2D eigenvalue weighted by Gasteiger charge is 2.29. The van der Waals surface area contributed by atoms with Gasteiger partial charge in [0.2, 0.25) is 5.91 Å². The Labute approximate surface area is 191 Å². The number of carbonyl (C=O) groups is 2. The van der Waals surface area contributed by atoms with Crippen molar-refractivity contribution in [3.8, 4) is 6.07 Å². The number of rotatable bonds is 4. The number of hydrogen-bond donors (Lipinski definition) is 1. The number of fused-ring (bicyclic) bond motifs is 2. The van der Waals surface area contributed by atoms with Crippen LogP contribution >= 0.6 is 0 Å². The second-order valence-electron chi connectivity index (χ2n) is 8.54. The summed E-state index contributed by atoms with van der Waals surface area (Å²) in [7, 11) is 0. The number of aliphatic hydroxyl groups is 1. The van der Waals surface area contributed by atoms with E-state index in [0.29, 0.717) is 30.8 Å². The minimum Gasteiger partial charge on any atom is -0.457 e. The van der Waals surface area contributed by atoms with Crippen molar-refractivity contribution in [3.63, 3.8) is 0 Å². The quantitative estimate of drug-likeness (QED) is 0.626. The first-order chi connectivity index (χ1) is 15.9. The molecular weight excluding hydrogens is 418 g/mol. The van der Waals surface area contributed by atoms with E-state index in [9.17, 15) is 14.7 Å². The van der Waals surface area contributed by atoms with Crippen molar-refractivity contribution < 1.29 is 19.4 Å². The Balaban J connectivity index is 1.27. The summed E-state index contributed by atoms with van der Waals surface area (Å²) in [6, 6.07) is 16.9. The summed E-state index contributed by atoms with van der Waals surface area (Å²) >= 11 is 0. The fourth-order valence-electron chi connectivity index (χ4n) is 4.69. The molecule has 0 aromatic heterocycles. The van der Waals surface area contributed by atoms with Crippen molar-refractivity contribution in [2.45, 2.75) is 19.6 Å². The molecular formula is C26H23N3O4. The number of cyclic esters (lactones) is 1. The van der Waals surface area contributed by atoms with Gasteiger partial charge in [-0.25, -0.2) is 4.79 Å². The molecule has 5 rings (SSSR count). The Kier molecular flexibility index (Phi) is 5.33. The number of β-amino-alcohol motifs (C(OH)–C–C–N with tert-alkyl or cyclic N) is 1. The third kappa shape index (κ3) is 3.84. The molecule has 0 unspecified atom stereocenters. The molecule has 33 heavy (non-hydrogen) atoms. The number of hydrogen-bond acceptors (Lipinski definition) is 6. The van der Waals surface area contributed by atoms with Crippen LogP contribution in [-0.2, 0) is 16.1 Å². The number of benzene rings is 3. The van der Waals surface area contributed by atoms with Crippen molar-refractivity contribution in [2.24, 2.45) is 0 Å². The third-order valence-corrected chi connectivity index (χ3v) is 6.56. The average molecular weight is 441 g/mol. The number of carbonyl (C=O) groups excluding carboxylic acids is 2. The van der Waals surface area contributed by atoms with Crippen LogP contribution in [0.25, 0.3) is 10.8 Å². The smallest absolute Gasteiger partial charge is 0.338 e. The summed E-state index contributed by atoms with van der Waals surface area (Å²) in [5, 5.41) is 21.9. The molecule has 1 atom stereocenters. The minimum absolute atomic E-state index is 0.0221. The number of nitrogens with zero attached hydrogens (tertiary/aromatic N) is 3. The highest BCUT2D eigenvalue weighted by Crippen LogP contribution is 2.30.